The number of hydrogen-bond donors (Lipinski definition) is 1. The molecule has 0 radical (unpaired) electrons. The minimum Gasteiger partial charge on any atom is -0.497 e. The number of benzene rings is 2. The van der Waals surface area contributed by atoms with E-state index in [-0.39, 0.29) is 43.7 Å². The van der Waals surface area contributed by atoms with Gasteiger partial charge in [0.15, 0.2) is 0 Å². The molecule has 0 saturated carbocycles. The van der Waals surface area contributed by atoms with Gasteiger partial charge in [0.1, 0.15) is 11.8 Å². The molecule has 0 spiro atoms. The van der Waals surface area contributed by atoms with Gasteiger partial charge in [-0.15, -0.1) is 0 Å². The van der Waals surface area contributed by atoms with E-state index in [4.69, 9.17) is 27.9 Å². The molecule has 0 aliphatic carbocycles. The van der Waals surface area contributed by atoms with E-state index in [0.29, 0.717) is 40.0 Å². The van der Waals surface area contributed by atoms with Crippen LogP contribution in [0.25, 0.3) is 0 Å². The van der Waals surface area contributed by atoms with Gasteiger partial charge in [-0.1, -0.05) is 50.0 Å². The Balaban J connectivity index is 2.24. The van der Waals surface area contributed by atoms with Crippen LogP contribution in [-0.2, 0) is 26.2 Å². The molecule has 2 amide bonds. The smallest absolute Gasteiger partial charge is 0.242 e. The van der Waals surface area contributed by atoms with Gasteiger partial charge in [0, 0.05) is 36.1 Å². The Morgan fingerprint density at radius 1 is 1.08 bits per heavy atom. The number of nitrogens with zero attached hydrogens (tertiary/aromatic N) is 2. The van der Waals surface area contributed by atoms with Gasteiger partial charge in [-0.2, -0.15) is 0 Å². The predicted octanol–water partition coefficient (Wildman–Crippen LogP) is 5.13. The third-order valence-corrected chi connectivity index (χ3v) is 7.72. The number of rotatable bonds is 14. The molecule has 11 heteroatoms. The molecule has 0 aromatic heterocycles. The number of anilines is 1. The topological polar surface area (TPSA) is 96.0 Å². The molecule has 2 aromatic rings. The number of nitrogens with one attached hydrogen (secondary N) is 1. The Bertz CT molecular complexity index is 1190. The van der Waals surface area contributed by atoms with Crippen LogP contribution in [0.1, 0.15) is 45.6 Å². The second kappa shape index (κ2) is 14.6. The van der Waals surface area contributed by atoms with E-state index in [1.165, 1.54) is 16.3 Å². The lowest BCUT2D eigenvalue weighted by Gasteiger charge is -2.31. The number of amides is 2. The molecule has 1 N–H and O–H groups in total. The SMILES string of the molecule is CCC(C(=O)NCC(C)C)N(Cc1ccc(Cl)cc1Cl)C(=O)CCCN(c1ccc(OC)cc1)S(C)(=O)=O. The van der Waals surface area contributed by atoms with Crippen molar-refractivity contribution in [2.45, 2.75) is 52.6 Å². The van der Waals surface area contributed by atoms with Gasteiger partial charge in [0.2, 0.25) is 21.8 Å². The maximum atomic E-state index is 13.5. The van der Waals surface area contributed by atoms with Crippen molar-refractivity contribution in [3.05, 3.63) is 58.1 Å². The summed E-state index contributed by atoms with van der Waals surface area (Å²) in [7, 11) is -2.06. The Labute approximate surface area is 236 Å². The molecular weight excluding hydrogens is 549 g/mol. The number of carbonyl (C=O) groups excluding carboxylic acids is 2. The average Bonchev–Trinajstić information content (AvgIpc) is 2.85. The zero-order valence-electron chi connectivity index (χ0n) is 22.5. The molecule has 2 aromatic carbocycles. The fourth-order valence-electron chi connectivity index (χ4n) is 3.93. The first-order chi connectivity index (χ1) is 17.9. The second-order valence-electron chi connectivity index (χ2n) is 9.46. The summed E-state index contributed by atoms with van der Waals surface area (Å²) in [5, 5.41) is 3.79. The molecule has 0 aliphatic rings. The molecule has 38 heavy (non-hydrogen) atoms. The van der Waals surface area contributed by atoms with Gasteiger partial charge in [0.25, 0.3) is 0 Å². The van der Waals surface area contributed by atoms with Crippen molar-refractivity contribution < 1.29 is 22.7 Å². The number of carbonyl (C=O) groups is 2. The van der Waals surface area contributed by atoms with E-state index in [9.17, 15) is 18.0 Å². The van der Waals surface area contributed by atoms with Crippen molar-refractivity contribution in [1.29, 1.82) is 0 Å². The fraction of sp³-hybridized carbons (Fsp3) is 0.481. The van der Waals surface area contributed by atoms with Crippen LogP contribution < -0.4 is 14.4 Å². The molecule has 0 bridgehead atoms. The van der Waals surface area contributed by atoms with Crippen molar-refractivity contribution >= 4 is 50.7 Å². The standard InChI is InChI=1S/C27H37Cl2N3O5S/c1-6-25(27(34)30-17-19(2)3)31(18-20-9-10-21(28)16-24(20)29)26(33)8-7-15-32(38(5,35)36)22-11-13-23(37-4)14-12-22/h9-14,16,19,25H,6-8,15,17-18H2,1-5H3,(H,30,34). The molecule has 210 valence electrons. The largest absolute Gasteiger partial charge is 0.497 e. The lowest BCUT2D eigenvalue weighted by atomic mass is 10.1. The van der Waals surface area contributed by atoms with Crippen LogP contribution in [0.4, 0.5) is 5.69 Å². The van der Waals surface area contributed by atoms with E-state index < -0.39 is 16.1 Å². The molecular formula is C27H37Cl2N3O5S. The minimum atomic E-state index is -3.59. The third kappa shape index (κ3) is 9.36. The molecule has 1 unspecified atom stereocenters. The van der Waals surface area contributed by atoms with Crippen LogP contribution in [0.5, 0.6) is 5.75 Å². The first kappa shape index (κ1) is 31.7. The fourth-order valence-corrected chi connectivity index (χ4v) is 5.36. The second-order valence-corrected chi connectivity index (χ2v) is 12.2. The number of sulfonamides is 1. The number of ether oxygens (including phenoxy) is 1. The quantitative estimate of drug-likeness (QED) is 0.331. The van der Waals surface area contributed by atoms with Gasteiger partial charge in [-0.25, -0.2) is 8.42 Å². The summed E-state index contributed by atoms with van der Waals surface area (Å²) >= 11 is 12.4. The van der Waals surface area contributed by atoms with Gasteiger partial charge in [0.05, 0.1) is 19.1 Å². The molecule has 1 atom stereocenters. The third-order valence-electron chi connectivity index (χ3n) is 5.94. The van der Waals surface area contributed by atoms with E-state index in [0.717, 1.165) is 6.26 Å². The van der Waals surface area contributed by atoms with Gasteiger partial charge in [-0.3, -0.25) is 13.9 Å². The summed E-state index contributed by atoms with van der Waals surface area (Å²) in [6.07, 6.45) is 1.83. The minimum absolute atomic E-state index is 0.0430. The Morgan fingerprint density at radius 3 is 2.26 bits per heavy atom. The van der Waals surface area contributed by atoms with E-state index in [1.54, 1.807) is 42.5 Å². The molecule has 8 nitrogen and oxygen atoms in total. The summed E-state index contributed by atoms with van der Waals surface area (Å²) in [6.45, 7) is 6.55. The normalized spacial score (nSPS) is 12.2. The Morgan fingerprint density at radius 2 is 1.74 bits per heavy atom. The van der Waals surface area contributed by atoms with E-state index in [1.807, 2.05) is 20.8 Å². The summed E-state index contributed by atoms with van der Waals surface area (Å²) in [4.78, 5) is 28.1. The van der Waals surface area contributed by atoms with E-state index in [2.05, 4.69) is 5.32 Å². The van der Waals surface area contributed by atoms with Crippen molar-refractivity contribution in [3.63, 3.8) is 0 Å². The Kier molecular flexibility index (Phi) is 12.2. The van der Waals surface area contributed by atoms with Crippen molar-refractivity contribution in [2.24, 2.45) is 5.92 Å². The maximum absolute atomic E-state index is 13.5. The van der Waals surface area contributed by atoms with Gasteiger partial charge < -0.3 is 15.0 Å². The summed E-state index contributed by atoms with van der Waals surface area (Å²) < 4.78 is 31.4. The summed E-state index contributed by atoms with van der Waals surface area (Å²) in [5.74, 6) is 0.350. The monoisotopic (exact) mass is 585 g/mol. The van der Waals surface area contributed by atoms with Crippen molar-refractivity contribution in [1.82, 2.24) is 10.2 Å². The predicted molar refractivity (Wildman–Crippen MR) is 153 cm³/mol. The first-order valence-electron chi connectivity index (χ1n) is 12.5. The molecule has 0 heterocycles. The zero-order chi connectivity index (χ0) is 28.5. The number of halogens is 2. The average molecular weight is 587 g/mol. The highest BCUT2D eigenvalue weighted by atomic mass is 35.5. The van der Waals surface area contributed by atoms with Crippen LogP contribution >= 0.6 is 23.2 Å². The van der Waals surface area contributed by atoms with Crippen LogP contribution in [0.3, 0.4) is 0 Å². The van der Waals surface area contributed by atoms with Crippen LogP contribution in [0, 0.1) is 5.92 Å². The highest BCUT2D eigenvalue weighted by Gasteiger charge is 2.29. The lowest BCUT2D eigenvalue weighted by Crippen LogP contribution is -2.49. The van der Waals surface area contributed by atoms with Gasteiger partial charge in [-0.05, 0) is 60.7 Å². The van der Waals surface area contributed by atoms with Crippen molar-refractivity contribution in [2.75, 3.05) is 30.8 Å². The van der Waals surface area contributed by atoms with Crippen LogP contribution in [-0.4, -0.2) is 57.6 Å². The van der Waals surface area contributed by atoms with E-state index >= 15 is 0 Å². The van der Waals surface area contributed by atoms with Crippen molar-refractivity contribution in [3.8, 4) is 5.75 Å². The van der Waals surface area contributed by atoms with Gasteiger partial charge >= 0.3 is 0 Å². The van der Waals surface area contributed by atoms with Crippen LogP contribution in [0.15, 0.2) is 42.5 Å². The first-order valence-corrected chi connectivity index (χ1v) is 15.1. The number of methoxy groups -OCH3 is 1. The summed E-state index contributed by atoms with van der Waals surface area (Å²) in [6, 6.07) is 11.0. The molecule has 0 aliphatic heterocycles. The lowest BCUT2D eigenvalue weighted by molar-refractivity contribution is -0.141. The highest BCUT2D eigenvalue weighted by molar-refractivity contribution is 7.92. The highest BCUT2D eigenvalue weighted by Crippen LogP contribution is 2.25. The number of hydrogen-bond acceptors (Lipinski definition) is 5. The molecule has 0 fully saturated rings. The Hall–Kier alpha value is -2.49. The molecule has 0 saturated heterocycles. The summed E-state index contributed by atoms with van der Waals surface area (Å²) in [5.41, 5.74) is 1.14. The zero-order valence-corrected chi connectivity index (χ0v) is 24.9. The van der Waals surface area contributed by atoms with Crippen LogP contribution in [0.2, 0.25) is 10.0 Å². The maximum Gasteiger partial charge on any atom is 0.242 e. The molecule has 2 rings (SSSR count).